The minimum Gasteiger partial charge on any atom is -0.366 e. The average molecular weight is 349 g/mol. The Balaban J connectivity index is 1.38. The molecule has 1 fully saturated rings. The number of hydrogen-bond acceptors (Lipinski definition) is 6. The van der Waals surface area contributed by atoms with Crippen LogP contribution in [-0.2, 0) is 6.54 Å². The van der Waals surface area contributed by atoms with Crippen LogP contribution in [-0.4, -0.2) is 27.3 Å². The van der Waals surface area contributed by atoms with Gasteiger partial charge in [0.05, 0.1) is 12.2 Å². The fraction of sp³-hybridized carbons (Fsp3) is 0.263. The van der Waals surface area contributed by atoms with Crippen molar-refractivity contribution >= 4 is 11.7 Å². The second kappa shape index (κ2) is 6.95. The van der Waals surface area contributed by atoms with Crippen molar-refractivity contribution in [1.82, 2.24) is 20.7 Å². The summed E-state index contributed by atoms with van der Waals surface area (Å²) >= 11 is 0. The molecule has 7 nitrogen and oxygen atoms in total. The number of aromatic nitrogens is 3. The molecule has 2 heterocycles. The fourth-order valence-electron chi connectivity index (χ4n) is 2.57. The van der Waals surface area contributed by atoms with Crippen LogP contribution in [0, 0.1) is 6.92 Å². The van der Waals surface area contributed by atoms with Crippen LogP contribution in [0.25, 0.3) is 11.3 Å². The molecule has 0 atom stereocenters. The standard InChI is InChI=1S/C19H19N5O2/c1-12-10-16(24-26-12)11-20-19(25)14-4-2-13(3-5-14)17-8-9-18(23-22-17)21-15-6-7-15/h2-5,8-10,15H,6-7,11H2,1H3,(H,20,25)(H,21,23). The summed E-state index contributed by atoms with van der Waals surface area (Å²) in [5, 5.41) is 18.4. The molecular weight excluding hydrogens is 330 g/mol. The van der Waals surface area contributed by atoms with Crippen molar-refractivity contribution in [2.75, 3.05) is 5.32 Å². The van der Waals surface area contributed by atoms with Crippen LogP contribution >= 0.6 is 0 Å². The van der Waals surface area contributed by atoms with Crippen molar-refractivity contribution in [3.63, 3.8) is 0 Å². The third kappa shape index (κ3) is 3.88. The summed E-state index contributed by atoms with van der Waals surface area (Å²) in [5.74, 6) is 1.36. The summed E-state index contributed by atoms with van der Waals surface area (Å²) < 4.78 is 4.98. The van der Waals surface area contributed by atoms with E-state index in [1.807, 2.05) is 31.2 Å². The van der Waals surface area contributed by atoms with Gasteiger partial charge in [-0.1, -0.05) is 17.3 Å². The highest BCUT2D eigenvalue weighted by molar-refractivity contribution is 5.94. The fourth-order valence-corrected chi connectivity index (χ4v) is 2.57. The first-order valence-corrected chi connectivity index (χ1v) is 8.58. The lowest BCUT2D eigenvalue weighted by atomic mass is 10.1. The smallest absolute Gasteiger partial charge is 0.251 e. The highest BCUT2D eigenvalue weighted by Gasteiger charge is 2.21. The number of nitrogens with zero attached hydrogens (tertiary/aromatic N) is 3. The van der Waals surface area contributed by atoms with Crippen LogP contribution in [0.2, 0.25) is 0 Å². The van der Waals surface area contributed by atoms with E-state index in [1.165, 1.54) is 12.8 Å². The Hall–Kier alpha value is -3.22. The summed E-state index contributed by atoms with van der Waals surface area (Å²) in [5.41, 5.74) is 2.96. The Morgan fingerprint density at radius 2 is 1.96 bits per heavy atom. The van der Waals surface area contributed by atoms with Gasteiger partial charge in [0, 0.05) is 23.2 Å². The van der Waals surface area contributed by atoms with Gasteiger partial charge < -0.3 is 15.2 Å². The van der Waals surface area contributed by atoms with E-state index >= 15 is 0 Å². The van der Waals surface area contributed by atoms with Crippen LogP contribution in [0.5, 0.6) is 0 Å². The number of anilines is 1. The molecule has 132 valence electrons. The third-order valence-corrected chi connectivity index (χ3v) is 4.14. The van der Waals surface area contributed by atoms with Gasteiger partial charge in [0.1, 0.15) is 17.3 Å². The minimum absolute atomic E-state index is 0.160. The second-order valence-electron chi connectivity index (χ2n) is 6.41. The molecule has 2 N–H and O–H groups in total. The number of nitrogens with one attached hydrogen (secondary N) is 2. The third-order valence-electron chi connectivity index (χ3n) is 4.14. The molecule has 0 saturated heterocycles. The maximum atomic E-state index is 12.2. The lowest BCUT2D eigenvalue weighted by Gasteiger charge is -2.06. The molecule has 4 rings (SSSR count). The number of aryl methyl sites for hydroxylation is 1. The zero-order valence-corrected chi connectivity index (χ0v) is 14.4. The summed E-state index contributed by atoms with van der Waals surface area (Å²) in [6, 6.07) is 13.5. The predicted octanol–water partition coefficient (Wildman–Crippen LogP) is 2.94. The molecule has 26 heavy (non-hydrogen) atoms. The molecule has 7 heteroatoms. The molecule has 1 saturated carbocycles. The molecule has 0 radical (unpaired) electrons. The molecule has 3 aromatic rings. The minimum atomic E-state index is -0.160. The molecule has 1 aliphatic carbocycles. The van der Waals surface area contributed by atoms with Gasteiger partial charge in [-0.15, -0.1) is 10.2 Å². The molecule has 0 bridgehead atoms. The zero-order valence-electron chi connectivity index (χ0n) is 14.4. The van der Waals surface area contributed by atoms with Gasteiger partial charge in [-0.2, -0.15) is 0 Å². The Morgan fingerprint density at radius 3 is 2.58 bits per heavy atom. The van der Waals surface area contributed by atoms with E-state index in [0.717, 1.165) is 22.8 Å². The maximum Gasteiger partial charge on any atom is 0.251 e. The van der Waals surface area contributed by atoms with Crippen LogP contribution < -0.4 is 10.6 Å². The average Bonchev–Trinajstić information content (AvgIpc) is 3.39. The van der Waals surface area contributed by atoms with Gasteiger partial charge in [0.25, 0.3) is 5.91 Å². The first-order chi connectivity index (χ1) is 12.7. The second-order valence-corrected chi connectivity index (χ2v) is 6.41. The van der Waals surface area contributed by atoms with Crippen LogP contribution in [0.4, 0.5) is 5.82 Å². The zero-order chi connectivity index (χ0) is 17.9. The summed E-state index contributed by atoms with van der Waals surface area (Å²) in [6.07, 6.45) is 2.40. The van der Waals surface area contributed by atoms with Crippen LogP contribution in [0.15, 0.2) is 47.0 Å². The molecule has 1 aromatic carbocycles. The number of hydrogen-bond donors (Lipinski definition) is 2. The topological polar surface area (TPSA) is 92.9 Å². The van der Waals surface area contributed by atoms with Crippen LogP contribution in [0.1, 0.15) is 34.7 Å². The Labute approximate surface area is 150 Å². The highest BCUT2D eigenvalue weighted by Crippen LogP contribution is 2.24. The van der Waals surface area contributed by atoms with E-state index in [-0.39, 0.29) is 5.91 Å². The van der Waals surface area contributed by atoms with Gasteiger partial charge in [0.15, 0.2) is 0 Å². The van der Waals surface area contributed by atoms with Gasteiger partial charge in [-0.05, 0) is 44.0 Å². The highest BCUT2D eigenvalue weighted by atomic mass is 16.5. The largest absolute Gasteiger partial charge is 0.366 e. The Bertz CT molecular complexity index is 898. The number of rotatable bonds is 6. The molecule has 1 amide bonds. The van der Waals surface area contributed by atoms with Crippen molar-refractivity contribution in [1.29, 1.82) is 0 Å². The summed E-state index contributed by atoms with van der Waals surface area (Å²) in [7, 11) is 0. The normalized spacial score (nSPS) is 13.4. The molecule has 0 aliphatic heterocycles. The van der Waals surface area contributed by atoms with Crippen LogP contribution in [0.3, 0.4) is 0 Å². The summed E-state index contributed by atoms with van der Waals surface area (Å²) in [4.78, 5) is 12.2. The molecule has 0 unspecified atom stereocenters. The number of benzene rings is 1. The lowest BCUT2D eigenvalue weighted by molar-refractivity contribution is 0.0950. The van der Waals surface area contributed by atoms with Gasteiger partial charge in [0.2, 0.25) is 0 Å². The molecule has 2 aromatic heterocycles. The van der Waals surface area contributed by atoms with Gasteiger partial charge in [-0.25, -0.2) is 0 Å². The van der Waals surface area contributed by atoms with Gasteiger partial charge in [-0.3, -0.25) is 4.79 Å². The number of carbonyl (C=O) groups is 1. The first-order valence-electron chi connectivity index (χ1n) is 8.58. The van der Waals surface area contributed by atoms with Crippen molar-refractivity contribution in [2.24, 2.45) is 0 Å². The van der Waals surface area contributed by atoms with Crippen molar-refractivity contribution in [3.8, 4) is 11.3 Å². The van der Waals surface area contributed by atoms with Crippen molar-refractivity contribution in [3.05, 3.63) is 59.5 Å². The van der Waals surface area contributed by atoms with E-state index in [1.54, 1.807) is 18.2 Å². The monoisotopic (exact) mass is 349 g/mol. The molecule has 1 aliphatic rings. The van der Waals surface area contributed by atoms with E-state index in [2.05, 4.69) is 26.0 Å². The molecule has 0 spiro atoms. The Kier molecular flexibility index (Phi) is 4.35. The van der Waals surface area contributed by atoms with E-state index < -0.39 is 0 Å². The SMILES string of the molecule is Cc1cc(CNC(=O)c2ccc(-c3ccc(NC4CC4)nn3)cc2)no1. The molecular formula is C19H19N5O2. The Morgan fingerprint density at radius 1 is 1.15 bits per heavy atom. The van der Waals surface area contributed by atoms with E-state index in [4.69, 9.17) is 4.52 Å². The van der Waals surface area contributed by atoms with Crippen molar-refractivity contribution < 1.29 is 9.32 Å². The van der Waals surface area contributed by atoms with Gasteiger partial charge >= 0.3 is 0 Å². The predicted molar refractivity (Wildman–Crippen MR) is 96.5 cm³/mol. The quantitative estimate of drug-likeness (QED) is 0.711. The first kappa shape index (κ1) is 16.3. The lowest BCUT2D eigenvalue weighted by Crippen LogP contribution is -2.22. The maximum absolute atomic E-state index is 12.2. The van der Waals surface area contributed by atoms with Crippen molar-refractivity contribution in [2.45, 2.75) is 32.4 Å². The number of amides is 1. The van der Waals surface area contributed by atoms with E-state index in [9.17, 15) is 4.79 Å². The van der Waals surface area contributed by atoms with E-state index in [0.29, 0.717) is 23.8 Å². The number of carbonyl (C=O) groups excluding carboxylic acids is 1. The summed E-state index contributed by atoms with van der Waals surface area (Å²) in [6.45, 7) is 2.15.